The molecule has 1 atom stereocenters. The van der Waals surface area contributed by atoms with Gasteiger partial charge in [-0.05, 0) is 180 Å². The van der Waals surface area contributed by atoms with Gasteiger partial charge >= 0.3 is 0 Å². The Bertz CT molecular complexity index is 3980. The highest BCUT2D eigenvalue weighted by atomic mass is 32.2. The third kappa shape index (κ3) is 11.4. The lowest BCUT2D eigenvalue weighted by molar-refractivity contribution is 0.305. The quantitative estimate of drug-likeness (QED) is 0.0791. The van der Waals surface area contributed by atoms with Crippen molar-refractivity contribution in [1.82, 2.24) is 19.9 Å². The normalized spacial score (nSPS) is 12.0. The van der Waals surface area contributed by atoms with Crippen LogP contribution in [0, 0.1) is 0 Å². The first-order valence-corrected chi connectivity index (χ1v) is 26.9. The Morgan fingerprint density at radius 2 is 0.987 bits per heavy atom. The van der Waals surface area contributed by atoms with Gasteiger partial charge in [-0.2, -0.15) is 8.42 Å². The fraction of sp³-hybridized carbons (Fsp3) is 0.0714. The Morgan fingerprint density at radius 3 is 1.52 bits per heavy atom. The predicted octanol–water partition coefficient (Wildman–Crippen LogP) is 11.2. The van der Waals surface area contributed by atoms with Crippen molar-refractivity contribution in [2.45, 2.75) is 37.7 Å². The van der Waals surface area contributed by atoms with Crippen molar-refractivity contribution in [3.8, 4) is 57.6 Å². The van der Waals surface area contributed by atoms with Crippen molar-refractivity contribution in [3.05, 3.63) is 199 Å². The number of rotatable bonds is 18. The average molecular weight is 1060 g/mol. The molecule has 1 unspecified atom stereocenters. The third-order valence-corrected chi connectivity index (χ3v) is 15.7. The third-order valence-electron chi connectivity index (χ3n) is 11.6. The summed E-state index contributed by atoms with van der Waals surface area (Å²) in [6.07, 6.45) is 3.35. The molecule has 1 N–H and O–H groups in total. The zero-order valence-corrected chi connectivity index (χ0v) is 42.2. The van der Waals surface area contributed by atoms with E-state index in [1.807, 2.05) is 42.5 Å². The van der Waals surface area contributed by atoms with Crippen molar-refractivity contribution in [2.75, 3.05) is 14.2 Å². The summed E-state index contributed by atoms with van der Waals surface area (Å²) in [5.41, 5.74) is 4.20. The topological polar surface area (TPSA) is 213 Å². The predicted molar refractivity (Wildman–Crippen MR) is 279 cm³/mol. The molecule has 10 aromatic rings. The van der Waals surface area contributed by atoms with Gasteiger partial charge in [0, 0.05) is 22.2 Å². The van der Waals surface area contributed by atoms with Gasteiger partial charge in [-0.3, -0.25) is 14.5 Å². The summed E-state index contributed by atoms with van der Waals surface area (Å²) in [5.74, 6) is 2.76. The minimum Gasteiger partial charge on any atom is -0.495 e. The minimum absolute atomic E-state index is 0.00445. The number of sulfone groups is 1. The maximum atomic E-state index is 13.6. The van der Waals surface area contributed by atoms with Gasteiger partial charge in [0.15, 0.2) is 0 Å². The molecule has 0 aliphatic heterocycles. The molecule has 3 aromatic heterocycles. The maximum Gasteiger partial charge on any atom is 0.298 e. The first-order valence-electron chi connectivity index (χ1n) is 22.8. The number of aromatic nitrogens is 4. The summed E-state index contributed by atoms with van der Waals surface area (Å²) >= 11 is 0. The lowest BCUT2D eigenvalue weighted by Crippen LogP contribution is -2.03. The molecule has 19 heteroatoms. The molecule has 0 saturated carbocycles. The average Bonchev–Trinajstić information content (AvgIpc) is 3.44. The van der Waals surface area contributed by atoms with Gasteiger partial charge in [-0.1, -0.05) is 18.2 Å². The summed E-state index contributed by atoms with van der Waals surface area (Å²) in [6.45, 7) is 0.427. The second-order valence-electron chi connectivity index (χ2n) is 16.6. The molecule has 3 heterocycles. The molecule has 0 bridgehead atoms. The first kappa shape index (κ1) is 49.8. The Kier molecular flexibility index (Phi) is 14.2. The number of benzene rings is 7. The molecule has 0 amide bonds. The smallest absolute Gasteiger partial charge is 0.298 e. The van der Waals surface area contributed by atoms with Gasteiger partial charge < -0.3 is 28.4 Å². The van der Waals surface area contributed by atoms with E-state index in [4.69, 9.17) is 28.4 Å². The Balaban J connectivity index is 0.711. The molecular formula is C56H42N4O12S3. The molecule has 0 radical (unpaired) electrons. The molecule has 16 nitrogen and oxygen atoms in total. The van der Waals surface area contributed by atoms with Crippen LogP contribution < -0.4 is 28.4 Å². The maximum absolute atomic E-state index is 13.6. The van der Waals surface area contributed by atoms with Crippen molar-refractivity contribution >= 4 is 52.6 Å². The van der Waals surface area contributed by atoms with E-state index in [2.05, 4.69) is 19.9 Å². The zero-order valence-electron chi connectivity index (χ0n) is 39.8. The highest BCUT2D eigenvalue weighted by Gasteiger charge is 2.21. The second kappa shape index (κ2) is 21.4. The van der Waals surface area contributed by atoms with Gasteiger partial charge in [-0.15, -0.1) is 0 Å². The van der Waals surface area contributed by atoms with Crippen molar-refractivity contribution in [1.29, 1.82) is 0 Å². The second-order valence-corrected chi connectivity index (χ2v) is 21.4. The van der Waals surface area contributed by atoms with Crippen molar-refractivity contribution in [2.24, 2.45) is 0 Å². The largest absolute Gasteiger partial charge is 0.495 e. The Labute approximate surface area is 433 Å². The highest BCUT2D eigenvalue weighted by Crippen LogP contribution is 2.35. The van der Waals surface area contributed by atoms with Gasteiger partial charge in [0.1, 0.15) is 52.6 Å². The van der Waals surface area contributed by atoms with E-state index in [9.17, 15) is 25.6 Å². The van der Waals surface area contributed by atoms with E-state index in [1.165, 1.54) is 50.6 Å². The lowest BCUT2D eigenvalue weighted by atomic mass is 10.1. The number of para-hydroxylation sites is 2. The molecule has 0 fully saturated rings. The monoisotopic (exact) mass is 1060 g/mol. The van der Waals surface area contributed by atoms with Crippen molar-refractivity contribution in [3.63, 3.8) is 0 Å². The summed E-state index contributed by atoms with van der Waals surface area (Å²) in [4.78, 5) is 19.0. The minimum atomic E-state index is -4.48. The van der Waals surface area contributed by atoms with Crippen LogP contribution in [0.2, 0.25) is 0 Å². The van der Waals surface area contributed by atoms with E-state index in [1.54, 1.807) is 109 Å². The van der Waals surface area contributed by atoms with E-state index >= 15 is 0 Å². The molecule has 0 aliphatic rings. The zero-order chi connectivity index (χ0) is 52.1. The Hall–Kier alpha value is -8.75. The van der Waals surface area contributed by atoms with Crippen LogP contribution in [0.15, 0.2) is 213 Å². The van der Waals surface area contributed by atoms with Crippen LogP contribution in [0.3, 0.4) is 0 Å². The number of nitrogens with zero attached hydrogens (tertiary/aromatic N) is 4. The van der Waals surface area contributed by atoms with E-state index in [0.29, 0.717) is 71.7 Å². The first-order chi connectivity index (χ1) is 36.3. The summed E-state index contributed by atoms with van der Waals surface area (Å²) in [5, 5.41) is 1.21. The number of methoxy groups -OCH3 is 2. The fourth-order valence-corrected chi connectivity index (χ4v) is 10.8. The van der Waals surface area contributed by atoms with Gasteiger partial charge in [0.2, 0.25) is 9.84 Å². The van der Waals surface area contributed by atoms with Crippen LogP contribution in [-0.2, 0) is 44.0 Å². The van der Waals surface area contributed by atoms with E-state index in [-0.39, 0.29) is 45.4 Å². The number of hydrogen-bond acceptors (Lipinski definition) is 15. The molecule has 376 valence electrons. The fourth-order valence-electron chi connectivity index (χ4n) is 7.78. The summed E-state index contributed by atoms with van der Waals surface area (Å²) in [7, 11) is -7.05. The number of pyridine rings is 2. The number of hydrogen-bond donors (Lipinski definition) is 1. The van der Waals surface area contributed by atoms with Crippen LogP contribution in [-0.4, -0.2) is 59.8 Å². The highest BCUT2D eigenvalue weighted by molar-refractivity contribution is 7.91. The molecular weight excluding hydrogens is 1020 g/mol. The Morgan fingerprint density at radius 1 is 0.493 bits per heavy atom. The lowest BCUT2D eigenvalue weighted by Gasteiger charge is -2.11. The molecule has 10 rings (SSSR count). The summed E-state index contributed by atoms with van der Waals surface area (Å²) in [6, 6.07) is 48.8. The molecule has 0 saturated heterocycles. The standard InChI is InChI=1S/C56H42N4O12S3/c1-67-53-32-39-31-44(8-7-38(39)33-54(53)75(64,65)66)71-42-11-19-46(20-12-42)73(61)45-17-9-40(10-18-45)69-34-36-25-27-57-51(29-36)52-30-37(26-28-58-52)35-70-41-13-21-47(22-14-41)74(62,63)48-23-15-43(16-24-48)72-56-55(68-2)59-49-5-3-4-6-50(49)60-56/h3-33H,34-35H2,1-2H3,(H,64,65,66). The summed E-state index contributed by atoms with van der Waals surface area (Å²) < 4.78 is 108. The van der Waals surface area contributed by atoms with E-state index < -0.39 is 30.8 Å². The SMILES string of the molecule is COc1cc2cc(Oc3ccc(S(=O)c4ccc(OCc5ccnc(-c6cc(COc7ccc(S(=O)(=O)c8ccc(Oc9nc%10ccccc%10nc9OC)cc8)cc7)ccn6)c5)cc4)cc3)ccc2cc1S(=O)(=O)O. The van der Waals surface area contributed by atoms with Crippen LogP contribution in [0.5, 0.6) is 46.3 Å². The molecule has 0 aliphatic carbocycles. The van der Waals surface area contributed by atoms with Gasteiger partial charge in [0.25, 0.3) is 21.9 Å². The van der Waals surface area contributed by atoms with Crippen LogP contribution >= 0.6 is 0 Å². The van der Waals surface area contributed by atoms with Crippen molar-refractivity contribution < 1.29 is 54.0 Å². The number of fused-ring (bicyclic) bond motifs is 2. The number of ether oxygens (including phenoxy) is 6. The molecule has 7 aromatic carbocycles. The van der Waals surface area contributed by atoms with Crippen LogP contribution in [0.25, 0.3) is 33.2 Å². The van der Waals surface area contributed by atoms with Gasteiger partial charge in [-0.25, -0.2) is 22.6 Å². The van der Waals surface area contributed by atoms with Crippen LogP contribution in [0.1, 0.15) is 11.1 Å². The van der Waals surface area contributed by atoms with Gasteiger partial charge in [0.05, 0.1) is 57.2 Å². The van der Waals surface area contributed by atoms with E-state index in [0.717, 1.165) is 11.1 Å². The van der Waals surface area contributed by atoms with Crippen LogP contribution in [0.4, 0.5) is 0 Å². The molecule has 75 heavy (non-hydrogen) atoms. The molecule has 0 spiro atoms.